The van der Waals surface area contributed by atoms with Crippen molar-refractivity contribution in [3.8, 4) is 45.1 Å². The summed E-state index contributed by atoms with van der Waals surface area (Å²) in [5.41, 5.74) is 12.6. The van der Waals surface area contributed by atoms with E-state index < -0.39 is 0 Å². The number of hydrogen-bond donors (Lipinski definition) is 1. The molecule has 1 N–H and O–H groups in total. The molecule has 2 heterocycles. The first kappa shape index (κ1) is 30.3. The van der Waals surface area contributed by atoms with Gasteiger partial charge in [-0.2, -0.15) is 0 Å². The van der Waals surface area contributed by atoms with E-state index in [0.717, 1.165) is 56.3 Å². The third-order valence-electron chi connectivity index (χ3n) is 9.32. The number of phenolic OH excluding ortho intramolecular Hbond substituents is 1. The molecule has 0 aliphatic rings. The van der Waals surface area contributed by atoms with E-state index in [0.29, 0.717) is 11.4 Å². The Bertz CT molecular complexity index is 2450. The van der Waals surface area contributed by atoms with Crippen LogP contribution in [-0.4, -0.2) is 19.6 Å². The fourth-order valence-electron chi connectivity index (χ4n) is 6.81. The molecular formula is C45H37N3O. The molecule has 0 atom stereocenters. The van der Waals surface area contributed by atoms with Crippen molar-refractivity contribution in [2.24, 2.45) is 0 Å². The molecule has 0 saturated carbocycles. The Hall–Kier alpha value is -6.00. The molecule has 6 aromatic carbocycles. The van der Waals surface area contributed by atoms with Crippen molar-refractivity contribution >= 4 is 21.9 Å². The van der Waals surface area contributed by atoms with Gasteiger partial charge in [-0.1, -0.05) is 112 Å². The molecule has 0 fully saturated rings. The molecule has 0 saturated heterocycles. The van der Waals surface area contributed by atoms with Crippen molar-refractivity contribution in [1.29, 1.82) is 0 Å². The molecule has 4 heteroatoms. The summed E-state index contributed by atoms with van der Waals surface area (Å²) in [7, 11) is 0. The van der Waals surface area contributed by atoms with E-state index in [9.17, 15) is 5.11 Å². The van der Waals surface area contributed by atoms with Crippen molar-refractivity contribution in [1.82, 2.24) is 14.5 Å². The fraction of sp³-hybridized carbons (Fsp3) is 0.111. The van der Waals surface area contributed by atoms with Crippen molar-refractivity contribution in [3.63, 3.8) is 0 Å². The lowest BCUT2D eigenvalue weighted by Crippen LogP contribution is -2.11. The summed E-state index contributed by atoms with van der Waals surface area (Å²) in [5, 5.41) is 12.1. The first-order valence-corrected chi connectivity index (χ1v) is 16.8. The van der Waals surface area contributed by atoms with Crippen LogP contribution in [-0.2, 0) is 11.8 Å². The zero-order valence-corrected chi connectivity index (χ0v) is 27.9. The van der Waals surface area contributed by atoms with Gasteiger partial charge in [-0.25, -0.2) is 4.98 Å². The van der Waals surface area contributed by atoms with Crippen LogP contribution in [0, 0.1) is 0 Å². The van der Waals surface area contributed by atoms with E-state index in [4.69, 9.17) is 9.97 Å². The van der Waals surface area contributed by atoms with Gasteiger partial charge in [0.1, 0.15) is 11.6 Å². The lowest BCUT2D eigenvalue weighted by molar-refractivity contribution is 0.477. The van der Waals surface area contributed by atoms with Gasteiger partial charge in [0.05, 0.1) is 22.1 Å². The summed E-state index contributed by atoms with van der Waals surface area (Å²) in [6.45, 7) is 6.67. The fourth-order valence-corrected chi connectivity index (χ4v) is 6.81. The largest absolute Gasteiger partial charge is 0.507 e. The third kappa shape index (κ3) is 5.76. The van der Waals surface area contributed by atoms with Crippen LogP contribution < -0.4 is 0 Å². The molecular weight excluding hydrogens is 599 g/mol. The van der Waals surface area contributed by atoms with Gasteiger partial charge in [0.2, 0.25) is 0 Å². The molecule has 2 aromatic heterocycles. The zero-order valence-electron chi connectivity index (χ0n) is 27.9. The minimum Gasteiger partial charge on any atom is -0.507 e. The van der Waals surface area contributed by atoms with E-state index in [2.05, 4.69) is 141 Å². The molecule has 8 rings (SSSR count). The Morgan fingerprint density at radius 2 is 1.31 bits per heavy atom. The van der Waals surface area contributed by atoms with Gasteiger partial charge >= 0.3 is 0 Å². The first-order chi connectivity index (χ1) is 23.8. The molecule has 238 valence electrons. The van der Waals surface area contributed by atoms with Gasteiger partial charge in [-0.15, -0.1) is 0 Å². The summed E-state index contributed by atoms with van der Waals surface area (Å²) < 4.78 is 2.16. The van der Waals surface area contributed by atoms with Crippen molar-refractivity contribution in [2.45, 2.75) is 32.6 Å². The molecule has 8 aromatic rings. The van der Waals surface area contributed by atoms with Gasteiger partial charge in [-0.05, 0) is 94.3 Å². The number of nitrogens with zero attached hydrogens (tertiary/aromatic N) is 3. The highest BCUT2D eigenvalue weighted by Crippen LogP contribution is 2.39. The molecule has 49 heavy (non-hydrogen) atoms. The molecule has 0 radical (unpaired) electrons. The van der Waals surface area contributed by atoms with Crippen LogP contribution in [0.15, 0.2) is 152 Å². The highest BCUT2D eigenvalue weighted by Gasteiger charge is 2.21. The SMILES string of the molecule is CC(C)(C)c1ccc(-n2c(-c3ccccc3O)nc3c(-c4cccc(-c5cc(Cc6ccccc6)cc6cccnc56)c4)cccc32)cc1. The Labute approximate surface area is 287 Å². The predicted molar refractivity (Wildman–Crippen MR) is 202 cm³/mol. The van der Waals surface area contributed by atoms with Crippen LogP contribution in [0.3, 0.4) is 0 Å². The summed E-state index contributed by atoms with van der Waals surface area (Å²) in [5.74, 6) is 0.896. The first-order valence-electron chi connectivity index (χ1n) is 16.8. The monoisotopic (exact) mass is 635 g/mol. The molecule has 4 nitrogen and oxygen atoms in total. The average Bonchev–Trinajstić information content (AvgIpc) is 3.51. The second-order valence-corrected chi connectivity index (χ2v) is 13.7. The third-order valence-corrected chi connectivity index (χ3v) is 9.32. The number of aromatic hydroxyl groups is 1. The Morgan fingerprint density at radius 3 is 2.08 bits per heavy atom. The zero-order chi connectivity index (χ0) is 33.5. The number of pyridine rings is 1. The highest BCUT2D eigenvalue weighted by molar-refractivity contribution is 5.98. The van der Waals surface area contributed by atoms with Crippen molar-refractivity contribution in [3.05, 3.63) is 168 Å². The van der Waals surface area contributed by atoms with Crippen molar-refractivity contribution in [2.75, 3.05) is 0 Å². The second-order valence-electron chi connectivity index (χ2n) is 13.7. The number of phenols is 1. The van der Waals surface area contributed by atoms with Crippen LogP contribution in [0.25, 0.3) is 61.3 Å². The smallest absolute Gasteiger partial charge is 0.149 e. The maximum Gasteiger partial charge on any atom is 0.149 e. The molecule has 0 spiro atoms. The normalized spacial score (nSPS) is 11.7. The van der Waals surface area contributed by atoms with Crippen LogP contribution in [0.4, 0.5) is 0 Å². The number of hydrogen-bond acceptors (Lipinski definition) is 3. The van der Waals surface area contributed by atoms with Crippen LogP contribution in [0.1, 0.15) is 37.5 Å². The van der Waals surface area contributed by atoms with E-state index in [1.54, 1.807) is 6.07 Å². The average molecular weight is 636 g/mol. The lowest BCUT2D eigenvalue weighted by atomic mass is 9.87. The molecule has 0 amide bonds. The van der Waals surface area contributed by atoms with E-state index in [-0.39, 0.29) is 11.2 Å². The molecule has 0 aliphatic carbocycles. The summed E-state index contributed by atoms with van der Waals surface area (Å²) in [4.78, 5) is 10.1. The summed E-state index contributed by atoms with van der Waals surface area (Å²) in [6, 6.07) is 50.4. The summed E-state index contributed by atoms with van der Waals surface area (Å²) >= 11 is 0. The quantitative estimate of drug-likeness (QED) is 0.198. The van der Waals surface area contributed by atoms with E-state index in [1.807, 2.05) is 30.5 Å². The highest BCUT2D eigenvalue weighted by atomic mass is 16.3. The maximum absolute atomic E-state index is 11.0. The minimum atomic E-state index is 0.0379. The van der Waals surface area contributed by atoms with Crippen molar-refractivity contribution < 1.29 is 5.11 Å². The Balaban J connectivity index is 1.29. The second kappa shape index (κ2) is 12.2. The Morgan fingerprint density at radius 1 is 0.592 bits per heavy atom. The topological polar surface area (TPSA) is 50.9 Å². The van der Waals surface area contributed by atoms with Crippen LogP contribution in [0.2, 0.25) is 0 Å². The van der Waals surface area contributed by atoms with Gasteiger partial charge in [-0.3, -0.25) is 9.55 Å². The molecule has 0 bridgehead atoms. The number of benzene rings is 6. The van der Waals surface area contributed by atoms with E-state index in [1.165, 1.54) is 16.7 Å². The maximum atomic E-state index is 11.0. The minimum absolute atomic E-state index is 0.0379. The number of imidazole rings is 1. The van der Waals surface area contributed by atoms with E-state index >= 15 is 0 Å². The number of fused-ring (bicyclic) bond motifs is 2. The van der Waals surface area contributed by atoms with Gasteiger partial charge in [0.25, 0.3) is 0 Å². The van der Waals surface area contributed by atoms with Crippen LogP contribution >= 0.6 is 0 Å². The number of aromatic nitrogens is 3. The van der Waals surface area contributed by atoms with Crippen LogP contribution in [0.5, 0.6) is 5.75 Å². The standard InChI is InChI=1S/C45H37N3O/c1-45(2,3)35-21-23-36(24-22-35)48-40-19-10-18-37(43(40)47-44(48)38-17-7-8-20-41(38)49)32-14-9-15-33(29-32)39-28-31(26-30-12-5-4-6-13-30)27-34-16-11-25-46-42(34)39/h4-25,27-29,49H,26H2,1-3H3. The molecule has 0 unspecified atom stereocenters. The number of para-hydroxylation sites is 2. The number of rotatable bonds is 6. The molecule has 0 aliphatic heterocycles. The van der Waals surface area contributed by atoms with Gasteiger partial charge < -0.3 is 5.11 Å². The summed E-state index contributed by atoms with van der Waals surface area (Å²) in [6.07, 6.45) is 2.72. The van der Waals surface area contributed by atoms with Gasteiger partial charge in [0, 0.05) is 28.4 Å². The predicted octanol–water partition coefficient (Wildman–Crippen LogP) is 11.2. The van der Waals surface area contributed by atoms with Gasteiger partial charge in [0.15, 0.2) is 0 Å². The lowest BCUT2D eigenvalue weighted by Gasteiger charge is -2.19. The Kier molecular flexibility index (Phi) is 7.57.